The van der Waals surface area contributed by atoms with Gasteiger partial charge in [0.2, 0.25) is 0 Å². The number of nitrogens with zero attached hydrogens (tertiary/aromatic N) is 1. The summed E-state index contributed by atoms with van der Waals surface area (Å²) in [5.41, 5.74) is 0.507. The number of rotatable bonds is 6. The van der Waals surface area contributed by atoms with Gasteiger partial charge in [0, 0.05) is 37.0 Å². The molecule has 1 aliphatic rings. The number of urea groups is 1. The molecule has 26 heavy (non-hydrogen) atoms. The summed E-state index contributed by atoms with van der Waals surface area (Å²) >= 11 is 0. The van der Waals surface area contributed by atoms with Crippen LogP contribution in [0.2, 0.25) is 0 Å². The summed E-state index contributed by atoms with van der Waals surface area (Å²) in [5, 5.41) is 2.14. The molecule has 0 atom stereocenters. The topological polar surface area (TPSA) is 98.1 Å². The van der Waals surface area contributed by atoms with Gasteiger partial charge in [-0.25, -0.2) is 13.2 Å². The third kappa shape index (κ3) is 3.93. The molecule has 0 aliphatic carbocycles. The quantitative estimate of drug-likeness (QED) is 0.824. The van der Waals surface area contributed by atoms with Crippen LogP contribution in [-0.4, -0.2) is 51.9 Å². The third-order valence-corrected chi connectivity index (χ3v) is 6.17. The van der Waals surface area contributed by atoms with Crippen LogP contribution in [0, 0.1) is 0 Å². The molecule has 2 amide bonds. The zero-order valence-electron chi connectivity index (χ0n) is 14.5. The second-order valence-corrected chi connectivity index (χ2v) is 8.23. The zero-order chi connectivity index (χ0) is 18.7. The Morgan fingerprint density at radius 2 is 1.88 bits per heavy atom. The Morgan fingerprint density at radius 1 is 1.23 bits per heavy atom. The summed E-state index contributed by atoms with van der Waals surface area (Å²) in [4.78, 5) is 13.7. The molecule has 8 nitrogen and oxygen atoms in total. The van der Waals surface area contributed by atoms with Crippen LogP contribution in [0.5, 0.6) is 11.5 Å². The van der Waals surface area contributed by atoms with Gasteiger partial charge in [0.25, 0.3) is 0 Å². The van der Waals surface area contributed by atoms with Crippen LogP contribution in [0.1, 0.15) is 5.76 Å². The highest BCUT2D eigenvalue weighted by atomic mass is 32.2. The van der Waals surface area contributed by atoms with Crippen molar-refractivity contribution in [2.45, 2.75) is 11.0 Å². The van der Waals surface area contributed by atoms with E-state index in [1.54, 1.807) is 30.3 Å². The number of ether oxygens (including phenoxy) is 2. The number of carbonyl (C=O) groups is 1. The number of benzene rings is 1. The lowest BCUT2D eigenvalue weighted by atomic mass is 10.2. The minimum Gasteiger partial charge on any atom is -0.497 e. The van der Waals surface area contributed by atoms with Crippen LogP contribution >= 0.6 is 0 Å². The highest BCUT2D eigenvalue weighted by Crippen LogP contribution is 2.27. The van der Waals surface area contributed by atoms with Crippen LogP contribution in [0.15, 0.2) is 41.0 Å². The molecule has 3 rings (SSSR count). The van der Waals surface area contributed by atoms with Gasteiger partial charge in [-0.15, -0.1) is 0 Å². The fraction of sp³-hybridized carbons (Fsp3) is 0.353. The Bertz CT molecular complexity index is 850. The van der Waals surface area contributed by atoms with Gasteiger partial charge >= 0.3 is 6.03 Å². The van der Waals surface area contributed by atoms with Crippen molar-refractivity contribution < 1.29 is 27.1 Å². The second-order valence-electron chi connectivity index (χ2n) is 5.95. The molecule has 2 aromatic rings. The van der Waals surface area contributed by atoms with Crippen molar-refractivity contribution in [1.29, 1.82) is 0 Å². The summed E-state index contributed by atoms with van der Waals surface area (Å²) < 4.78 is 40.1. The van der Waals surface area contributed by atoms with Gasteiger partial charge < -0.3 is 24.1 Å². The molecule has 0 saturated carbocycles. The minimum atomic E-state index is -3.36. The average Bonchev–Trinajstić information content (AvgIpc) is 3.04. The number of amides is 2. The van der Waals surface area contributed by atoms with Gasteiger partial charge in [0.15, 0.2) is 9.84 Å². The van der Waals surface area contributed by atoms with E-state index in [-0.39, 0.29) is 24.9 Å². The Kier molecular flexibility index (Phi) is 5.08. The van der Waals surface area contributed by atoms with Gasteiger partial charge in [0.1, 0.15) is 23.0 Å². The Hall–Kier alpha value is -2.68. The molecular formula is C17H20N2O6S. The molecular weight excluding hydrogens is 360 g/mol. The number of nitrogens with one attached hydrogen (secondary N) is 1. The number of methoxy groups -OCH3 is 2. The van der Waals surface area contributed by atoms with E-state index in [4.69, 9.17) is 13.9 Å². The summed E-state index contributed by atoms with van der Waals surface area (Å²) in [6, 6.07) is 7.91. The van der Waals surface area contributed by atoms with Gasteiger partial charge in [0.05, 0.1) is 25.7 Å². The summed E-state index contributed by atoms with van der Waals surface area (Å²) in [7, 11) is -0.326. The molecule has 0 unspecified atom stereocenters. The molecule has 1 N–H and O–H groups in total. The fourth-order valence-electron chi connectivity index (χ4n) is 2.62. The maximum atomic E-state index is 12.3. The second kappa shape index (κ2) is 7.28. The molecule has 1 aromatic heterocycles. The fourth-order valence-corrected chi connectivity index (χ4v) is 4.23. The van der Waals surface area contributed by atoms with Crippen molar-refractivity contribution >= 4 is 21.6 Å². The molecule has 1 aliphatic heterocycles. The summed E-state index contributed by atoms with van der Waals surface area (Å²) in [6.07, 6.45) is 1.44. The van der Waals surface area contributed by atoms with Gasteiger partial charge in [-0.2, -0.15) is 0 Å². The molecule has 140 valence electrons. The van der Waals surface area contributed by atoms with E-state index in [1.807, 2.05) is 0 Å². The van der Waals surface area contributed by atoms with Crippen LogP contribution in [0.25, 0.3) is 0 Å². The lowest BCUT2D eigenvalue weighted by molar-refractivity contribution is 0.182. The maximum Gasteiger partial charge on any atom is 0.321 e. The number of likely N-dealkylation sites (tertiary alicyclic amines) is 1. The van der Waals surface area contributed by atoms with Crippen molar-refractivity contribution in [3.63, 3.8) is 0 Å². The molecule has 0 bridgehead atoms. The van der Waals surface area contributed by atoms with Crippen LogP contribution < -0.4 is 14.8 Å². The van der Waals surface area contributed by atoms with E-state index in [2.05, 4.69) is 5.32 Å². The van der Waals surface area contributed by atoms with Crippen molar-refractivity contribution in [3.8, 4) is 11.5 Å². The molecule has 1 aromatic carbocycles. The molecule has 2 heterocycles. The first-order valence-corrected chi connectivity index (χ1v) is 9.66. The normalized spacial score (nSPS) is 14.6. The highest BCUT2D eigenvalue weighted by molar-refractivity contribution is 7.91. The van der Waals surface area contributed by atoms with Crippen LogP contribution in [0.3, 0.4) is 0 Å². The third-order valence-electron chi connectivity index (χ3n) is 4.17. The van der Waals surface area contributed by atoms with E-state index in [1.165, 1.54) is 25.4 Å². The number of carbonyl (C=O) groups excluding carboxylic acids is 1. The van der Waals surface area contributed by atoms with E-state index in [0.29, 0.717) is 22.9 Å². The molecule has 9 heteroatoms. The number of anilines is 1. The predicted octanol–water partition coefficient (Wildman–Crippen LogP) is 2.13. The van der Waals surface area contributed by atoms with Gasteiger partial charge in [-0.05, 0) is 12.1 Å². The predicted molar refractivity (Wildman–Crippen MR) is 95.3 cm³/mol. The van der Waals surface area contributed by atoms with E-state index < -0.39 is 15.1 Å². The van der Waals surface area contributed by atoms with Crippen molar-refractivity contribution in [2.24, 2.45) is 0 Å². The number of hydrogen-bond acceptors (Lipinski definition) is 6. The first-order chi connectivity index (χ1) is 12.4. The highest BCUT2D eigenvalue weighted by Gasteiger charge is 2.40. The monoisotopic (exact) mass is 380 g/mol. The van der Waals surface area contributed by atoms with Crippen LogP contribution in [-0.2, 0) is 15.6 Å². The summed E-state index contributed by atoms with van der Waals surface area (Å²) in [5.74, 6) is 1.33. The average molecular weight is 380 g/mol. The number of furan rings is 1. The Morgan fingerprint density at radius 3 is 2.42 bits per heavy atom. The molecule has 1 saturated heterocycles. The van der Waals surface area contributed by atoms with E-state index in [9.17, 15) is 13.2 Å². The number of sulfone groups is 1. The Labute approximate surface area is 151 Å². The molecule has 0 radical (unpaired) electrons. The SMILES string of the molecule is COc1cc(NC(=O)N2CC(S(=O)(=O)Cc3ccco3)C2)cc(OC)c1. The van der Waals surface area contributed by atoms with E-state index >= 15 is 0 Å². The molecule has 0 spiro atoms. The van der Waals surface area contributed by atoms with Crippen molar-refractivity contribution in [2.75, 3.05) is 32.6 Å². The standard InChI is InChI=1S/C17H20N2O6S/c1-23-14-6-12(7-15(8-14)24-2)18-17(20)19-9-16(10-19)26(21,22)11-13-4-3-5-25-13/h3-8,16H,9-11H2,1-2H3,(H,18,20). The number of hydrogen-bond donors (Lipinski definition) is 1. The lowest BCUT2D eigenvalue weighted by Crippen LogP contribution is -2.58. The summed E-state index contributed by atoms with van der Waals surface area (Å²) in [6.45, 7) is 0.298. The van der Waals surface area contributed by atoms with Crippen molar-refractivity contribution in [3.05, 3.63) is 42.4 Å². The lowest BCUT2D eigenvalue weighted by Gasteiger charge is -2.38. The smallest absolute Gasteiger partial charge is 0.321 e. The van der Waals surface area contributed by atoms with Gasteiger partial charge in [-0.3, -0.25) is 0 Å². The molecule has 1 fully saturated rings. The first-order valence-electron chi connectivity index (χ1n) is 7.94. The van der Waals surface area contributed by atoms with Crippen molar-refractivity contribution in [1.82, 2.24) is 4.90 Å². The Balaban J connectivity index is 1.58. The largest absolute Gasteiger partial charge is 0.497 e. The minimum absolute atomic E-state index is 0.149. The van der Waals surface area contributed by atoms with Crippen LogP contribution in [0.4, 0.5) is 10.5 Å². The zero-order valence-corrected chi connectivity index (χ0v) is 15.3. The maximum absolute atomic E-state index is 12.3. The van der Waals surface area contributed by atoms with Gasteiger partial charge in [-0.1, -0.05) is 0 Å². The first kappa shape index (κ1) is 18.1. The van der Waals surface area contributed by atoms with E-state index in [0.717, 1.165) is 0 Å².